The van der Waals surface area contributed by atoms with Crippen LogP contribution >= 0.6 is 23.5 Å². The van der Waals surface area contributed by atoms with Gasteiger partial charge in [-0.25, -0.2) is 0 Å². The van der Waals surface area contributed by atoms with Crippen LogP contribution in [0.25, 0.3) is 0 Å². The van der Waals surface area contributed by atoms with Crippen LogP contribution in [0.15, 0.2) is 10.8 Å². The van der Waals surface area contributed by atoms with Crippen LogP contribution in [0.1, 0.15) is 26.7 Å². The summed E-state index contributed by atoms with van der Waals surface area (Å²) in [6.45, 7) is 4.55. The molecule has 0 aromatic carbocycles. The third kappa shape index (κ3) is 1.94. The molecule has 52 valence electrons. The lowest BCUT2D eigenvalue weighted by Gasteiger charge is -2.19. The Bertz CT molecular complexity index is 110. The molecule has 1 heterocycles. The van der Waals surface area contributed by atoms with E-state index in [-0.39, 0.29) is 0 Å². The van der Waals surface area contributed by atoms with Crippen molar-refractivity contribution in [3.63, 3.8) is 0 Å². The Hall–Kier alpha value is 0.440. The number of hydrogen-bond acceptors (Lipinski definition) is 2. The summed E-state index contributed by atoms with van der Waals surface area (Å²) in [5.74, 6) is 0. The van der Waals surface area contributed by atoms with Crippen LogP contribution in [-0.4, -0.2) is 4.08 Å². The zero-order chi connectivity index (χ0) is 6.74. The van der Waals surface area contributed by atoms with Gasteiger partial charge in [0.2, 0.25) is 0 Å². The Kier molecular flexibility index (Phi) is 2.53. The standard InChI is InChI=1S/C7H12S2/c1-3-4-7(2)8-5-6-9-7/h5-6H,3-4H2,1-2H3. The smallest absolute Gasteiger partial charge is 0.0665 e. The molecule has 0 aromatic rings. The highest BCUT2D eigenvalue weighted by Gasteiger charge is 2.25. The second-order valence-corrected chi connectivity index (χ2v) is 5.47. The number of thioether (sulfide) groups is 2. The van der Waals surface area contributed by atoms with Crippen LogP contribution < -0.4 is 0 Å². The molecule has 9 heavy (non-hydrogen) atoms. The fourth-order valence-corrected chi connectivity index (χ4v) is 3.16. The normalized spacial score (nSPS) is 22.9. The maximum atomic E-state index is 2.31. The molecule has 0 saturated carbocycles. The van der Waals surface area contributed by atoms with Crippen molar-refractivity contribution in [3.8, 4) is 0 Å². The minimum absolute atomic E-state index is 0.467. The van der Waals surface area contributed by atoms with Crippen LogP contribution in [0.4, 0.5) is 0 Å². The molecule has 0 bridgehead atoms. The van der Waals surface area contributed by atoms with Gasteiger partial charge in [-0.2, -0.15) is 0 Å². The van der Waals surface area contributed by atoms with Crippen molar-refractivity contribution in [2.75, 3.05) is 0 Å². The number of hydrogen-bond donors (Lipinski definition) is 0. The summed E-state index contributed by atoms with van der Waals surface area (Å²) in [5, 5.41) is 4.39. The van der Waals surface area contributed by atoms with Gasteiger partial charge in [0, 0.05) is 0 Å². The van der Waals surface area contributed by atoms with E-state index in [0.717, 1.165) is 0 Å². The lowest BCUT2D eigenvalue weighted by atomic mass is 10.3. The summed E-state index contributed by atoms with van der Waals surface area (Å²) in [7, 11) is 0. The fraction of sp³-hybridized carbons (Fsp3) is 0.714. The monoisotopic (exact) mass is 160 g/mol. The first kappa shape index (κ1) is 7.55. The molecule has 1 aliphatic rings. The van der Waals surface area contributed by atoms with Crippen molar-refractivity contribution in [2.45, 2.75) is 30.8 Å². The van der Waals surface area contributed by atoms with E-state index in [0.29, 0.717) is 4.08 Å². The largest absolute Gasteiger partial charge is 0.116 e. The summed E-state index contributed by atoms with van der Waals surface area (Å²) < 4.78 is 0.467. The molecule has 0 N–H and O–H groups in total. The molecule has 0 aliphatic carbocycles. The first-order valence-corrected chi connectivity index (χ1v) is 5.03. The third-order valence-electron chi connectivity index (χ3n) is 1.39. The topological polar surface area (TPSA) is 0 Å². The van der Waals surface area contributed by atoms with E-state index < -0.39 is 0 Å². The molecule has 0 nitrogen and oxygen atoms in total. The lowest BCUT2D eigenvalue weighted by molar-refractivity contribution is 0.752. The molecule has 1 rings (SSSR count). The lowest BCUT2D eigenvalue weighted by Crippen LogP contribution is -2.09. The molecule has 0 fully saturated rings. The fourth-order valence-electron chi connectivity index (χ4n) is 0.943. The van der Waals surface area contributed by atoms with Gasteiger partial charge in [-0.05, 0) is 24.2 Å². The molecule has 0 unspecified atom stereocenters. The van der Waals surface area contributed by atoms with Crippen LogP contribution in [0.3, 0.4) is 0 Å². The predicted molar refractivity (Wildman–Crippen MR) is 47.6 cm³/mol. The minimum atomic E-state index is 0.467. The summed E-state index contributed by atoms with van der Waals surface area (Å²) in [6.07, 6.45) is 2.60. The quantitative estimate of drug-likeness (QED) is 0.607. The van der Waals surface area contributed by atoms with Crippen molar-refractivity contribution in [2.24, 2.45) is 0 Å². The van der Waals surface area contributed by atoms with E-state index in [2.05, 4.69) is 24.7 Å². The first-order chi connectivity index (χ1) is 4.27. The predicted octanol–water partition coefficient (Wildman–Crippen LogP) is 3.45. The third-order valence-corrected chi connectivity index (χ3v) is 4.09. The Balaban J connectivity index is 2.36. The summed E-state index contributed by atoms with van der Waals surface area (Å²) >= 11 is 3.90. The second kappa shape index (κ2) is 3.02. The maximum Gasteiger partial charge on any atom is 0.0665 e. The highest BCUT2D eigenvalue weighted by molar-refractivity contribution is 8.23. The summed E-state index contributed by atoms with van der Waals surface area (Å²) in [6, 6.07) is 0. The molecule has 0 radical (unpaired) electrons. The minimum Gasteiger partial charge on any atom is -0.116 e. The van der Waals surface area contributed by atoms with Gasteiger partial charge in [-0.1, -0.05) is 13.3 Å². The summed E-state index contributed by atoms with van der Waals surface area (Å²) in [5.41, 5.74) is 0. The van der Waals surface area contributed by atoms with Gasteiger partial charge in [0.05, 0.1) is 4.08 Å². The second-order valence-electron chi connectivity index (χ2n) is 2.39. The Morgan fingerprint density at radius 3 is 2.33 bits per heavy atom. The average molecular weight is 160 g/mol. The summed E-state index contributed by atoms with van der Waals surface area (Å²) in [4.78, 5) is 0. The van der Waals surface area contributed by atoms with Crippen LogP contribution in [0, 0.1) is 0 Å². The van der Waals surface area contributed by atoms with E-state index >= 15 is 0 Å². The van der Waals surface area contributed by atoms with E-state index in [1.54, 1.807) is 0 Å². The molecule has 2 heteroatoms. The molecular formula is C7H12S2. The van der Waals surface area contributed by atoms with Gasteiger partial charge in [0.25, 0.3) is 0 Å². The van der Waals surface area contributed by atoms with Crippen molar-refractivity contribution in [3.05, 3.63) is 10.8 Å². The zero-order valence-corrected chi connectivity index (χ0v) is 7.52. The Morgan fingerprint density at radius 2 is 1.89 bits per heavy atom. The molecule has 0 amide bonds. The van der Waals surface area contributed by atoms with Crippen molar-refractivity contribution < 1.29 is 0 Å². The van der Waals surface area contributed by atoms with Crippen molar-refractivity contribution >= 4 is 23.5 Å². The van der Waals surface area contributed by atoms with Gasteiger partial charge in [-0.15, -0.1) is 23.5 Å². The van der Waals surface area contributed by atoms with Crippen molar-refractivity contribution in [1.29, 1.82) is 0 Å². The van der Waals surface area contributed by atoms with Crippen LogP contribution in [0.5, 0.6) is 0 Å². The first-order valence-electron chi connectivity index (χ1n) is 3.27. The van der Waals surface area contributed by atoms with E-state index in [1.165, 1.54) is 12.8 Å². The average Bonchev–Trinajstić information content (AvgIpc) is 2.16. The van der Waals surface area contributed by atoms with E-state index in [9.17, 15) is 0 Å². The molecular weight excluding hydrogens is 148 g/mol. The molecule has 1 aliphatic heterocycles. The van der Waals surface area contributed by atoms with E-state index in [4.69, 9.17) is 0 Å². The molecule has 0 aromatic heterocycles. The van der Waals surface area contributed by atoms with Crippen molar-refractivity contribution in [1.82, 2.24) is 0 Å². The Morgan fingerprint density at radius 1 is 1.33 bits per heavy atom. The van der Waals surface area contributed by atoms with Gasteiger partial charge in [0.1, 0.15) is 0 Å². The van der Waals surface area contributed by atoms with Gasteiger partial charge < -0.3 is 0 Å². The SMILES string of the molecule is CCCC1(C)SC=CS1. The van der Waals surface area contributed by atoms with E-state index in [1.807, 2.05) is 23.5 Å². The van der Waals surface area contributed by atoms with Crippen LogP contribution in [0.2, 0.25) is 0 Å². The van der Waals surface area contributed by atoms with Crippen LogP contribution in [-0.2, 0) is 0 Å². The molecule has 0 atom stereocenters. The van der Waals surface area contributed by atoms with Gasteiger partial charge in [-0.3, -0.25) is 0 Å². The maximum absolute atomic E-state index is 2.31. The highest BCUT2D eigenvalue weighted by atomic mass is 32.2. The highest BCUT2D eigenvalue weighted by Crippen LogP contribution is 2.47. The number of rotatable bonds is 2. The molecule has 0 saturated heterocycles. The molecule has 0 spiro atoms. The van der Waals surface area contributed by atoms with Gasteiger partial charge >= 0.3 is 0 Å². The zero-order valence-electron chi connectivity index (χ0n) is 5.89. The van der Waals surface area contributed by atoms with Gasteiger partial charge in [0.15, 0.2) is 0 Å². The Labute approximate surface area is 65.5 Å².